The fraction of sp³-hybridized carbons (Fsp3) is 0.211. The van der Waals surface area contributed by atoms with Gasteiger partial charge in [-0.05, 0) is 30.7 Å². The Morgan fingerprint density at radius 1 is 1.20 bits per heavy atom. The number of carbonyl (C=O) groups is 1. The van der Waals surface area contributed by atoms with Crippen molar-refractivity contribution in [2.75, 3.05) is 6.54 Å². The fourth-order valence-electron chi connectivity index (χ4n) is 2.70. The summed E-state index contributed by atoms with van der Waals surface area (Å²) in [5.41, 5.74) is 0.687. The third kappa shape index (κ3) is 3.88. The van der Waals surface area contributed by atoms with Crippen LogP contribution in [0, 0.1) is 0 Å². The van der Waals surface area contributed by atoms with E-state index in [0.717, 1.165) is 10.9 Å². The molecule has 25 heavy (non-hydrogen) atoms. The molecule has 1 heterocycles. The molecule has 6 heteroatoms. The number of carbonyl (C=O) groups excluding carboxylic acids is 1. The van der Waals surface area contributed by atoms with Crippen LogP contribution in [0.25, 0.3) is 10.8 Å². The van der Waals surface area contributed by atoms with E-state index in [4.69, 9.17) is 11.6 Å². The highest BCUT2D eigenvalue weighted by molar-refractivity contribution is 6.30. The first kappa shape index (κ1) is 17.2. The third-order valence-corrected chi connectivity index (χ3v) is 4.28. The zero-order valence-electron chi connectivity index (χ0n) is 13.9. The van der Waals surface area contributed by atoms with Gasteiger partial charge in [0.05, 0.1) is 11.6 Å². The fourth-order valence-corrected chi connectivity index (χ4v) is 2.91. The van der Waals surface area contributed by atoms with Crippen LogP contribution in [0.4, 0.5) is 0 Å². The summed E-state index contributed by atoms with van der Waals surface area (Å²) in [6, 6.07) is 14.6. The number of likely N-dealkylation sites (N-methyl/N-ethyl adjacent to an activating group) is 1. The van der Waals surface area contributed by atoms with Crippen LogP contribution in [0.15, 0.2) is 59.5 Å². The Morgan fingerprint density at radius 3 is 2.76 bits per heavy atom. The van der Waals surface area contributed by atoms with Gasteiger partial charge in [-0.2, -0.15) is 5.10 Å². The predicted molar refractivity (Wildman–Crippen MR) is 98.5 cm³/mol. The first-order valence-electron chi connectivity index (χ1n) is 8.05. The first-order valence-corrected chi connectivity index (χ1v) is 8.43. The van der Waals surface area contributed by atoms with Crippen molar-refractivity contribution in [3.05, 3.63) is 75.7 Å². The minimum absolute atomic E-state index is 0.0852. The summed E-state index contributed by atoms with van der Waals surface area (Å²) in [7, 11) is 0. The van der Waals surface area contributed by atoms with Crippen LogP contribution in [0.2, 0.25) is 5.02 Å². The topological polar surface area (TPSA) is 55.2 Å². The van der Waals surface area contributed by atoms with Gasteiger partial charge in [0.1, 0.15) is 6.54 Å². The molecular formula is C19H18ClN3O2. The summed E-state index contributed by atoms with van der Waals surface area (Å²) in [4.78, 5) is 26.8. The molecular weight excluding hydrogens is 338 g/mol. The molecule has 128 valence electrons. The number of rotatable bonds is 5. The number of aromatic nitrogens is 2. The molecule has 0 fully saturated rings. The number of fused-ring (bicyclic) bond motifs is 1. The summed E-state index contributed by atoms with van der Waals surface area (Å²) in [5.74, 6) is -0.160. The number of benzene rings is 2. The number of hydrogen-bond acceptors (Lipinski definition) is 3. The van der Waals surface area contributed by atoms with Crippen LogP contribution in [0.5, 0.6) is 0 Å². The maximum absolute atomic E-state index is 12.6. The first-order chi connectivity index (χ1) is 12.1. The van der Waals surface area contributed by atoms with Gasteiger partial charge in [-0.1, -0.05) is 41.9 Å². The second-order valence-electron chi connectivity index (χ2n) is 5.73. The number of nitrogens with zero attached hydrogens (tertiary/aromatic N) is 3. The molecule has 0 saturated heterocycles. The van der Waals surface area contributed by atoms with E-state index in [2.05, 4.69) is 5.10 Å². The predicted octanol–water partition coefficient (Wildman–Crippen LogP) is 3.10. The molecule has 0 N–H and O–H groups in total. The highest BCUT2D eigenvalue weighted by atomic mass is 35.5. The number of hydrogen-bond donors (Lipinski definition) is 0. The van der Waals surface area contributed by atoms with Gasteiger partial charge in [0.2, 0.25) is 5.91 Å². The Labute approximate surface area is 150 Å². The molecule has 0 aliphatic rings. The largest absolute Gasteiger partial charge is 0.337 e. The SMILES string of the molecule is CCN(Cc1cccc(Cl)c1)C(=O)Cn1ncc2ccccc2c1=O. The van der Waals surface area contributed by atoms with Crippen molar-refractivity contribution < 1.29 is 4.79 Å². The van der Waals surface area contributed by atoms with Gasteiger partial charge in [0.25, 0.3) is 5.56 Å². The van der Waals surface area contributed by atoms with E-state index >= 15 is 0 Å². The second kappa shape index (κ2) is 7.49. The smallest absolute Gasteiger partial charge is 0.275 e. The zero-order valence-corrected chi connectivity index (χ0v) is 14.6. The Morgan fingerprint density at radius 2 is 2.00 bits per heavy atom. The molecule has 0 atom stereocenters. The second-order valence-corrected chi connectivity index (χ2v) is 6.17. The van der Waals surface area contributed by atoms with Crippen molar-refractivity contribution in [3.8, 4) is 0 Å². The Hall–Kier alpha value is -2.66. The molecule has 0 saturated carbocycles. The average molecular weight is 356 g/mol. The molecule has 2 aromatic carbocycles. The van der Waals surface area contributed by atoms with Crippen LogP contribution >= 0.6 is 11.6 Å². The lowest BCUT2D eigenvalue weighted by atomic mass is 10.2. The van der Waals surface area contributed by atoms with E-state index in [1.165, 1.54) is 4.68 Å². The van der Waals surface area contributed by atoms with Gasteiger partial charge in [0.15, 0.2) is 0 Å². The van der Waals surface area contributed by atoms with Crippen molar-refractivity contribution in [3.63, 3.8) is 0 Å². The summed E-state index contributed by atoms with van der Waals surface area (Å²) in [5, 5.41) is 6.08. The summed E-state index contributed by atoms with van der Waals surface area (Å²) < 4.78 is 1.21. The van der Waals surface area contributed by atoms with Gasteiger partial charge in [-0.3, -0.25) is 9.59 Å². The van der Waals surface area contributed by atoms with Crippen LogP contribution in [-0.2, 0) is 17.9 Å². The third-order valence-electron chi connectivity index (χ3n) is 4.04. The molecule has 0 unspecified atom stereocenters. The Balaban J connectivity index is 1.80. The van der Waals surface area contributed by atoms with Crippen molar-refractivity contribution in [1.82, 2.24) is 14.7 Å². The summed E-state index contributed by atoms with van der Waals surface area (Å²) in [6.07, 6.45) is 1.61. The van der Waals surface area contributed by atoms with Crippen LogP contribution in [0.1, 0.15) is 12.5 Å². The summed E-state index contributed by atoms with van der Waals surface area (Å²) >= 11 is 6.00. The number of amides is 1. The summed E-state index contributed by atoms with van der Waals surface area (Å²) in [6.45, 7) is 2.79. The molecule has 5 nitrogen and oxygen atoms in total. The molecule has 1 amide bonds. The quantitative estimate of drug-likeness (QED) is 0.706. The van der Waals surface area contributed by atoms with Crippen LogP contribution in [-0.4, -0.2) is 27.1 Å². The van der Waals surface area contributed by atoms with Gasteiger partial charge < -0.3 is 4.90 Å². The minimum Gasteiger partial charge on any atom is -0.337 e. The van der Waals surface area contributed by atoms with Gasteiger partial charge in [-0.25, -0.2) is 4.68 Å². The van der Waals surface area contributed by atoms with Gasteiger partial charge in [-0.15, -0.1) is 0 Å². The lowest BCUT2D eigenvalue weighted by Crippen LogP contribution is -2.36. The van der Waals surface area contributed by atoms with Crippen LogP contribution in [0.3, 0.4) is 0 Å². The molecule has 0 spiro atoms. The molecule has 0 radical (unpaired) electrons. The standard InChI is InChI=1S/C19H18ClN3O2/c1-2-22(12-14-6-5-8-16(20)10-14)18(24)13-23-19(25)17-9-4-3-7-15(17)11-21-23/h3-11H,2,12-13H2,1H3. The highest BCUT2D eigenvalue weighted by Crippen LogP contribution is 2.13. The highest BCUT2D eigenvalue weighted by Gasteiger charge is 2.15. The molecule has 3 aromatic rings. The molecule has 0 aliphatic carbocycles. The van der Waals surface area contributed by atoms with Crippen molar-refractivity contribution in [2.45, 2.75) is 20.0 Å². The molecule has 0 aliphatic heterocycles. The van der Waals surface area contributed by atoms with Crippen molar-refractivity contribution in [1.29, 1.82) is 0 Å². The van der Waals surface area contributed by atoms with Gasteiger partial charge >= 0.3 is 0 Å². The Bertz CT molecular complexity index is 968. The molecule has 3 rings (SSSR count). The lowest BCUT2D eigenvalue weighted by Gasteiger charge is -2.21. The number of halogens is 1. The molecule has 1 aromatic heterocycles. The minimum atomic E-state index is -0.259. The van der Waals surface area contributed by atoms with E-state index in [1.54, 1.807) is 29.3 Å². The average Bonchev–Trinajstić information content (AvgIpc) is 2.62. The van der Waals surface area contributed by atoms with Gasteiger partial charge in [0, 0.05) is 23.5 Å². The maximum Gasteiger partial charge on any atom is 0.275 e. The van der Waals surface area contributed by atoms with Crippen LogP contribution < -0.4 is 5.56 Å². The monoisotopic (exact) mass is 355 g/mol. The van der Waals surface area contributed by atoms with E-state index < -0.39 is 0 Å². The van der Waals surface area contributed by atoms with E-state index in [-0.39, 0.29) is 18.0 Å². The normalized spacial score (nSPS) is 10.8. The van der Waals surface area contributed by atoms with E-state index in [1.807, 2.05) is 37.3 Å². The van der Waals surface area contributed by atoms with Crippen molar-refractivity contribution in [2.24, 2.45) is 0 Å². The van der Waals surface area contributed by atoms with Crippen molar-refractivity contribution >= 4 is 28.3 Å². The lowest BCUT2D eigenvalue weighted by molar-refractivity contribution is -0.132. The zero-order chi connectivity index (χ0) is 17.8. The maximum atomic E-state index is 12.6. The van der Waals surface area contributed by atoms with E-state index in [9.17, 15) is 9.59 Å². The van der Waals surface area contributed by atoms with E-state index in [0.29, 0.717) is 23.5 Å². The molecule has 0 bridgehead atoms. The Kier molecular flexibility index (Phi) is 5.14.